The maximum Gasteiger partial charge on any atom is 0.115 e. The van der Waals surface area contributed by atoms with Gasteiger partial charge in [-0.1, -0.05) is 97.1 Å². The van der Waals surface area contributed by atoms with Crippen molar-refractivity contribution in [2.75, 3.05) is 9.80 Å². The number of anilines is 6. The van der Waals surface area contributed by atoms with Gasteiger partial charge >= 0.3 is 0 Å². The second-order valence-corrected chi connectivity index (χ2v) is 16.6. The third-order valence-corrected chi connectivity index (χ3v) is 12.7. The summed E-state index contributed by atoms with van der Waals surface area (Å²) in [5.74, 6) is 0.443. The van der Waals surface area contributed by atoms with Crippen LogP contribution in [0, 0.1) is 0 Å². The Morgan fingerprint density at radius 2 is 0.561 bits per heavy atom. The highest BCUT2D eigenvalue weighted by Crippen LogP contribution is 2.43. The van der Waals surface area contributed by atoms with Crippen molar-refractivity contribution in [2.24, 2.45) is 0 Å². The van der Waals surface area contributed by atoms with Gasteiger partial charge in [-0.25, -0.2) is 0 Å². The first-order valence-electron chi connectivity index (χ1n) is 22.1. The smallest absolute Gasteiger partial charge is 0.115 e. The van der Waals surface area contributed by atoms with Gasteiger partial charge < -0.3 is 29.1 Å². The fourth-order valence-electron chi connectivity index (χ4n) is 9.61. The van der Waals surface area contributed by atoms with Gasteiger partial charge in [0.2, 0.25) is 0 Å². The predicted molar refractivity (Wildman–Crippen MR) is 273 cm³/mol. The fraction of sp³-hybridized carbons (Fsp3) is 0. The van der Waals surface area contributed by atoms with Crippen molar-refractivity contribution >= 4 is 77.7 Å². The molecule has 0 saturated carbocycles. The first-order valence-corrected chi connectivity index (χ1v) is 22.1. The van der Waals surface area contributed by atoms with Crippen molar-refractivity contribution in [3.63, 3.8) is 0 Å². The van der Waals surface area contributed by atoms with E-state index in [0.717, 1.165) is 89.5 Å². The van der Waals surface area contributed by atoms with Crippen molar-refractivity contribution in [1.29, 1.82) is 0 Å². The first kappa shape index (κ1) is 38.7. The van der Waals surface area contributed by atoms with Crippen LogP contribution < -0.4 is 9.80 Å². The SMILES string of the molecule is Oc1ccc(N(c2ccc(-c3ccc(N(c4ccc(O)cc4)c4ccc5c(c4)c4ccccc4n5-c4ccccc4)cc3)cc2)c2ccc3c(c2)c2ccccc2n3-c2ccccc2)cc1. The number of hydrogen-bond donors (Lipinski definition) is 2. The summed E-state index contributed by atoms with van der Waals surface area (Å²) >= 11 is 0. The maximum absolute atomic E-state index is 10.3. The molecule has 10 aromatic carbocycles. The van der Waals surface area contributed by atoms with Crippen LogP contribution in [0.25, 0.3) is 66.1 Å². The van der Waals surface area contributed by atoms with Crippen LogP contribution in [0.15, 0.2) is 243 Å². The summed E-state index contributed by atoms with van der Waals surface area (Å²) in [7, 11) is 0. The minimum Gasteiger partial charge on any atom is -0.508 e. The molecule has 0 spiro atoms. The molecule has 6 heteroatoms. The quantitative estimate of drug-likeness (QED) is 0.152. The Hall–Kier alpha value is -9.00. The molecular formula is C60H42N4O2. The van der Waals surface area contributed by atoms with E-state index in [-0.39, 0.29) is 11.5 Å². The largest absolute Gasteiger partial charge is 0.508 e. The highest BCUT2D eigenvalue weighted by atomic mass is 16.3. The Kier molecular flexibility index (Phi) is 9.35. The van der Waals surface area contributed by atoms with Crippen LogP contribution in [-0.4, -0.2) is 19.3 Å². The molecule has 12 aromatic rings. The normalized spacial score (nSPS) is 11.5. The fourth-order valence-corrected chi connectivity index (χ4v) is 9.61. The van der Waals surface area contributed by atoms with Gasteiger partial charge in [-0.05, 0) is 157 Å². The zero-order valence-electron chi connectivity index (χ0n) is 35.8. The molecule has 0 unspecified atom stereocenters. The van der Waals surface area contributed by atoms with E-state index >= 15 is 0 Å². The number of phenolic OH excluding ortho intramolecular Hbond substituents is 2. The van der Waals surface area contributed by atoms with Crippen molar-refractivity contribution in [1.82, 2.24) is 9.13 Å². The predicted octanol–water partition coefficient (Wildman–Crippen LogP) is 15.9. The number of aromatic hydroxyl groups is 2. The molecule has 0 fully saturated rings. The summed E-state index contributed by atoms with van der Waals surface area (Å²) in [5, 5.41) is 25.3. The zero-order valence-corrected chi connectivity index (χ0v) is 35.8. The van der Waals surface area contributed by atoms with Crippen molar-refractivity contribution in [2.45, 2.75) is 0 Å². The van der Waals surface area contributed by atoms with Crippen LogP contribution >= 0.6 is 0 Å². The van der Waals surface area contributed by atoms with E-state index in [1.54, 1.807) is 24.3 Å². The number of phenols is 2. The molecule has 0 aliphatic rings. The van der Waals surface area contributed by atoms with Crippen LogP contribution in [0.2, 0.25) is 0 Å². The standard InChI is InChI=1S/C60H42N4O2/c65-51-33-27-47(28-34-51)61(49-31-37-59-55(39-49)53-15-7-9-17-57(53)63(59)43-11-3-1-4-12-43)45-23-19-41(20-24-45)42-21-25-46(26-22-42)62(48-29-35-52(66)36-30-48)50-32-38-60-56(40-50)54-16-8-10-18-58(54)64(60)44-13-5-2-6-14-44/h1-40,65-66H. The van der Waals surface area contributed by atoms with Gasteiger partial charge in [0.1, 0.15) is 11.5 Å². The van der Waals surface area contributed by atoms with Gasteiger partial charge in [-0.2, -0.15) is 0 Å². The van der Waals surface area contributed by atoms with Crippen molar-refractivity contribution in [3.05, 3.63) is 243 Å². The number of hydrogen-bond acceptors (Lipinski definition) is 4. The maximum atomic E-state index is 10.3. The van der Waals surface area contributed by atoms with E-state index < -0.39 is 0 Å². The van der Waals surface area contributed by atoms with Crippen molar-refractivity contribution < 1.29 is 10.2 Å². The molecule has 0 aliphatic carbocycles. The summed E-state index contributed by atoms with van der Waals surface area (Å²) in [4.78, 5) is 4.48. The molecule has 0 bridgehead atoms. The Labute approximate surface area is 382 Å². The number of fused-ring (bicyclic) bond motifs is 6. The molecule has 0 saturated heterocycles. The molecule has 0 amide bonds. The zero-order chi connectivity index (χ0) is 44.1. The molecule has 0 aliphatic heterocycles. The molecule has 314 valence electrons. The summed E-state index contributed by atoms with van der Waals surface area (Å²) in [6.07, 6.45) is 0. The summed E-state index contributed by atoms with van der Waals surface area (Å²) in [5.41, 5.74) is 14.9. The monoisotopic (exact) mass is 850 g/mol. The van der Waals surface area contributed by atoms with Crippen LogP contribution in [0.3, 0.4) is 0 Å². The minimum absolute atomic E-state index is 0.221. The lowest BCUT2D eigenvalue weighted by Gasteiger charge is -2.26. The lowest BCUT2D eigenvalue weighted by molar-refractivity contribution is 0.475. The molecule has 2 heterocycles. The molecule has 0 radical (unpaired) electrons. The second kappa shape index (κ2) is 16.0. The van der Waals surface area contributed by atoms with Crippen LogP contribution in [0.5, 0.6) is 11.5 Å². The molecule has 66 heavy (non-hydrogen) atoms. The van der Waals surface area contributed by atoms with Gasteiger partial charge in [-0.15, -0.1) is 0 Å². The number of nitrogens with zero attached hydrogens (tertiary/aromatic N) is 4. The minimum atomic E-state index is 0.221. The van der Waals surface area contributed by atoms with Crippen LogP contribution in [-0.2, 0) is 0 Å². The molecule has 2 aromatic heterocycles. The summed E-state index contributed by atoms with van der Waals surface area (Å²) in [6.45, 7) is 0. The van der Waals surface area contributed by atoms with Gasteiger partial charge in [-0.3, -0.25) is 0 Å². The second-order valence-electron chi connectivity index (χ2n) is 16.6. The number of aromatic nitrogens is 2. The number of para-hydroxylation sites is 4. The average Bonchev–Trinajstić information content (AvgIpc) is 3.89. The Bertz CT molecular complexity index is 3440. The Morgan fingerprint density at radius 3 is 0.939 bits per heavy atom. The molecular weight excluding hydrogens is 809 g/mol. The lowest BCUT2D eigenvalue weighted by atomic mass is 10.0. The molecule has 0 atom stereocenters. The third-order valence-electron chi connectivity index (χ3n) is 12.7. The van der Waals surface area contributed by atoms with E-state index in [4.69, 9.17) is 0 Å². The third kappa shape index (κ3) is 6.68. The molecule has 2 N–H and O–H groups in total. The lowest BCUT2D eigenvalue weighted by Crippen LogP contribution is -2.10. The van der Waals surface area contributed by atoms with Crippen LogP contribution in [0.4, 0.5) is 34.1 Å². The van der Waals surface area contributed by atoms with Crippen LogP contribution in [0.1, 0.15) is 0 Å². The highest BCUT2D eigenvalue weighted by molar-refractivity contribution is 6.12. The van der Waals surface area contributed by atoms with E-state index in [9.17, 15) is 10.2 Å². The Balaban J connectivity index is 0.910. The average molecular weight is 851 g/mol. The topological polar surface area (TPSA) is 56.8 Å². The first-order chi connectivity index (χ1) is 32.6. The summed E-state index contributed by atoms with van der Waals surface area (Å²) in [6, 6.07) is 83.6. The van der Waals surface area contributed by atoms with E-state index in [1.807, 2.05) is 36.4 Å². The molecule has 6 nitrogen and oxygen atoms in total. The van der Waals surface area contributed by atoms with Gasteiger partial charge in [0.25, 0.3) is 0 Å². The van der Waals surface area contributed by atoms with E-state index in [2.05, 4.69) is 201 Å². The molecule has 12 rings (SSSR count). The van der Waals surface area contributed by atoms with E-state index in [1.165, 1.54) is 10.8 Å². The van der Waals surface area contributed by atoms with Crippen molar-refractivity contribution in [3.8, 4) is 34.0 Å². The van der Waals surface area contributed by atoms with E-state index in [0.29, 0.717) is 0 Å². The Morgan fingerprint density at radius 1 is 0.258 bits per heavy atom. The van der Waals surface area contributed by atoms with Gasteiger partial charge in [0, 0.05) is 67.0 Å². The van der Waals surface area contributed by atoms with Gasteiger partial charge in [0.05, 0.1) is 22.1 Å². The highest BCUT2D eigenvalue weighted by Gasteiger charge is 2.20. The number of benzene rings is 10. The summed E-state index contributed by atoms with van der Waals surface area (Å²) < 4.78 is 4.65. The van der Waals surface area contributed by atoms with Gasteiger partial charge in [0.15, 0.2) is 0 Å². The number of rotatable bonds is 9.